The van der Waals surface area contributed by atoms with Crippen molar-refractivity contribution in [2.24, 2.45) is 7.05 Å². The standard InChI is InChI=1S/C11H10BrFN2O/c1-15-6-7(5-14-15)11(16)10-8(12)3-2-4-9(10)13/h2-6,11,16H,1H3. The summed E-state index contributed by atoms with van der Waals surface area (Å²) in [5.74, 6) is -0.439. The Labute approximate surface area is 101 Å². The fourth-order valence-corrected chi connectivity index (χ4v) is 2.08. The Bertz CT molecular complexity index is 492. The first-order valence-corrected chi connectivity index (χ1v) is 5.49. The van der Waals surface area contributed by atoms with Crippen molar-refractivity contribution in [3.8, 4) is 0 Å². The molecule has 0 spiro atoms. The fourth-order valence-electron chi connectivity index (χ4n) is 1.52. The molecule has 0 radical (unpaired) electrons. The molecule has 2 rings (SSSR count). The Balaban J connectivity index is 2.45. The van der Waals surface area contributed by atoms with Crippen molar-refractivity contribution in [2.75, 3.05) is 0 Å². The molecular weight excluding hydrogens is 275 g/mol. The van der Waals surface area contributed by atoms with Crippen molar-refractivity contribution in [2.45, 2.75) is 6.10 Å². The van der Waals surface area contributed by atoms with Crippen molar-refractivity contribution < 1.29 is 9.50 Å². The third-order valence-corrected chi connectivity index (χ3v) is 3.01. The van der Waals surface area contributed by atoms with E-state index < -0.39 is 11.9 Å². The maximum absolute atomic E-state index is 13.6. The third kappa shape index (κ3) is 2.01. The molecule has 0 bridgehead atoms. The maximum Gasteiger partial charge on any atom is 0.130 e. The molecule has 84 valence electrons. The molecule has 16 heavy (non-hydrogen) atoms. The average molecular weight is 285 g/mol. The molecule has 2 aromatic rings. The summed E-state index contributed by atoms with van der Waals surface area (Å²) < 4.78 is 15.7. The molecule has 1 aromatic carbocycles. The van der Waals surface area contributed by atoms with Crippen LogP contribution in [0.3, 0.4) is 0 Å². The first-order valence-electron chi connectivity index (χ1n) is 4.70. The second kappa shape index (κ2) is 4.35. The van der Waals surface area contributed by atoms with Crippen LogP contribution in [0.4, 0.5) is 4.39 Å². The molecule has 3 nitrogen and oxygen atoms in total. The van der Waals surface area contributed by atoms with Crippen molar-refractivity contribution in [3.05, 3.63) is 52.0 Å². The minimum Gasteiger partial charge on any atom is -0.383 e. The van der Waals surface area contributed by atoms with E-state index in [1.807, 2.05) is 0 Å². The number of hydrogen-bond acceptors (Lipinski definition) is 2. The van der Waals surface area contributed by atoms with Crippen LogP contribution in [-0.2, 0) is 7.05 Å². The van der Waals surface area contributed by atoms with E-state index in [2.05, 4.69) is 21.0 Å². The molecule has 1 atom stereocenters. The summed E-state index contributed by atoms with van der Waals surface area (Å²) in [4.78, 5) is 0. The van der Waals surface area contributed by atoms with E-state index in [0.717, 1.165) is 0 Å². The first-order chi connectivity index (χ1) is 7.59. The van der Waals surface area contributed by atoms with Crippen LogP contribution in [0, 0.1) is 5.82 Å². The second-order valence-electron chi connectivity index (χ2n) is 3.49. The lowest BCUT2D eigenvalue weighted by Gasteiger charge is -2.11. The Morgan fingerprint density at radius 2 is 2.25 bits per heavy atom. The number of aliphatic hydroxyl groups excluding tert-OH is 1. The van der Waals surface area contributed by atoms with Crippen LogP contribution in [-0.4, -0.2) is 14.9 Å². The molecule has 0 aliphatic carbocycles. The number of aromatic nitrogens is 2. The largest absolute Gasteiger partial charge is 0.383 e. The molecule has 1 aromatic heterocycles. The quantitative estimate of drug-likeness (QED) is 0.920. The van der Waals surface area contributed by atoms with Gasteiger partial charge in [-0.25, -0.2) is 4.39 Å². The molecule has 1 unspecified atom stereocenters. The Kier molecular flexibility index (Phi) is 3.07. The van der Waals surface area contributed by atoms with Gasteiger partial charge in [0.25, 0.3) is 0 Å². The van der Waals surface area contributed by atoms with Crippen LogP contribution in [0.5, 0.6) is 0 Å². The van der Waals surface area contributed by atoms with Crippen LogP contribution >= 0.6 is 15.9 Å². The molecule has 0 saturated heterocycles. The van der Waals surface area contributed by atoms with Gasteiger partial charge in [0.2, 0.25) is 0 Å². The van der Waals surface area contributed by atoms with E-state index in [9.17, 15) is 9.50 Å². The van der Waals surface area contributed by atoms with Crippen molar-refractivity contribution in [1.82, 2.24) is 9.78 Å². The lowest BCUT2D eigenvalue weighted by molar-refractivity contribution is 0.214. The number of aryl methyl sites for hydroxylation is 1. The highest BCUT2D eigenvalue weighted by Gasteiger charge is 2.19. The molecular formula is C11H10BrFN2O. The zero-order valence-electron chi connectivity index (χ0n) is 8.56. The van der Waals surface area contributed by atoms with E-state index in [-0.39, 0.29) is 5.56 Å². The molecule has 0 amide bonds. The van der Waals surface area contributed by atoms with Gasteiger partial charge in [0.15, 0.2) is 0 Å². The summed E-state index contributed by atoms with van der Waals surface area (Å²) in [6, 6.07) is 4.59. The van der Waals surface area contributed by atoms with Gasteiger partial charge in [-0.1, -0.05) is 22.0 Å². The molecule has 5 heteroatoms. The Hall–Kier alpha value is -1.20. The lowest BCUT2D eigenvalue weighted by Crippen LogP contribution is -2.02. The summed E-state index contributed by atoms with van der Waals surface area (Å²) in [7, 11) is 1.74. The van der Waals surface area contributed by atoms with Crippen LogP contribution < -0.4 is 0 Å². The van der Waals surface area contributed by atoms with Crippen molar-refractivity contribution >= 4 is 15.9 Å². The van der Waals surface area contributed by atoms with E-state index in [4.69, 9.17) is 0 Å². The van der Waals surface area contributed by atoms with Crippen LogP contribution in [0.25, 0.3) is 0 Å². The van der Waals surface area contributed by atoms with E-state index in [1.165, 1.54) is 12.3 Å². The van der Waals surface area contributed by atoms with Gasteiger partial charge < -0.3 is 5.11 Å². The van der Waals surface area contributed by atoms with Gasteiger partial charge in [0.05, 0.1) is 6.20 Å². The maximum atomic E-state index is 13.6. The Morgan fingerprint density at radius 1 is 1.50 bits per heavy atom. The normalized spacial score (nSPS) is 12.8. The number of aliphatic hydroxyl groups is 1. The minimum absolute atomic E-state index is 0.232. The number of benzene rings is 1. The summed E-state index contributed by atoms with van der Waals surface area (Å²) in [5.41, 5.74) is 0.795. The van der Waals surface area contributed by atoms with Gasteiger partial charge in [-0.15, -0.1) is 0 Å². The summed E-state index contributed by atoms with van der Waals surface area (Å²) in [5, 5.41) is 14.0. The van der Waals surface area contributed by atoms with Crippen LogP contribution in [0.1, 0.15) is 17.2 Å². The zero-order valence-corrected chi connectivity index (χ0v) is 10.1. The van der Waals surface area contributed by atoms with Gasteiger partial charge in [-0.05, 0) is 12.1 Å². The fraction of sp³-hybridized carbons (Fsp3) is 0.182. The monoisotopic (exact) mass is 284 g/mol. The van der Waals surface area contributed by atoms with E-state index in [1.54, 1.807) is 30.1 Å². The summed E-state index contributed by atoms with van der Waals surface area (Å²) >= 11 is 3.22. The predicted molar refractivity (Wildman–Crippen MR) is 61.4 cm³/mol. The second-order valence-corrected chi connectivity index (χ2v) is 4.34. The highest BCUT2D eigenvalue weighted by Crippen LogP contribution is 2.30. The molecule has 1 heterocycles. The highest BCUT2D eigenvalue weighted by molar-refractivity contribution is 9.10. The van der Waals surface area contributed by atoms with Crippen LogP contribution in [0.2, 0.25) is 0 Å². The summed E-state index contributed by atoms with van der Waals surface area (Å²) in [6.07, 6.45) is 2.16. The van der Waals surface area contributed by atoms with E-state index in [0.29, 0.717) is 10.0 Å². The van der Waals surface area contributed by atoms with Gasteiger partial charge in [-0.2, -0.15) is 5.10 Å². The predicted octanol–water partition coefficient (Wildman–Crippen LogP) is 2.40. The molecule has 0 aliphatic rings. The molecule has 0 aliphatic heterocycles. The SMILES string of the molecule is Cn1cc(C(O)c2c(F)cccc2Br)cn1. The molecule has 1 N–H and O–H groups in total. The Morgan fingerprint density at radius 3 is 2.81 bits per heavy atom. The average Bonchev–Trinajstić information content (AvgIpc) is 2.64. The van der Waals surface area contributed by atoms with Gasteiger partial charge in [0, 0.05) is 28.8 Å². The van der Waals surface area contributed by atoms with Crippen molar-refractivity contribution in [3.63, 3.8) is 0 Å². The van der Waals surface area contributed by atoms with E-state index >= 15 is 0 Å². The molecule has 0 fully saturated rings. The van der Waals surface area contributed by atoms with Gasteiger partial charge in [-0.3, -0.25) is 4.68 Å². The molecule has 0 saturated carbocycles. The number of halogens is 2. The zero-order chi connectivity index (χ0) is 11.7. The highest BCUT2D eigenvalue weighted by atomic mass is 79.9. The first kappa shape index (κ1) is 11.3. The number of nitrogens with zero attached hydrogens (tertiary/aromatic N) is 2. The number of hydrogen-bond donors (Lipinski definition) is 1. The van der Waals surface area contributed by atoms with Gasteiger partial charge in [0.1, 0.15) is 11.9 Å². The third-order valence-electron chi connectivity index (χ3n) is 2.31. The van der Waals surface area contributed by atoms with Gasteiger partial charge >= 0.3 is 0 Å². The topological polar surface area (TPSA) is 38.0 Å². The summed E-state index contributed by atoms with van der Waals surface area (Å²) in [6.45, 7) is 0. The van der Waals surface area contributed by atoms with Crippen LogP contribution in [0.15, 0.2) is 35.1 Å². The van der Waals surface area contributed by atoms with Crippen molar-refractivity contribution in [1.29, 1.82) is 0 Å². The minimum atomic E-state index is -1.01. The number of rotatable bonds is 2. The lowest BCUT2D eigenvalue weighted by atomic mass is 10.0. The smallest absolute Gasteiger partial charge is 0.130 e.